The van der Waals surface area contributed by atoms with Crippen LogP contribution in [-0.2, 0) is 20.9 Å². The number of piperidine rings is 2. The zero-order valence-corrected chi connectivity index (χ0v) is 16.5. The summed E-state index contributed by atoms with van der Waals surface area (Å²) in [6.45, 7) is 4.71. The summed E-state index contributed by atoms with van der Waals surface area (Å²) in [4.78, 5) is 43.5. The summed E-state index contributed by atoms with van der Waals surface area (Å²) in [5, 5.41) is 0. The molecule has 4 heterocycles. The molecule has 2 bridgehead atoms. The largest absolute Gasteiger partial charge is 0.343 e. The summed E-state index contributed by atoms with van der Waals surface area (Å²) in [5.41, 5.74) is 1.14. The van der Waals surface area contributed by atoms with Gasteiger partial charge in [-0.3, -0.25) is 14.4 Å². The van der Waals surface area contributed by atoms with Crippen LogP contribution < -0.4 is 0 Å². The van der Waals surface area contributed by atoms with Gasteiger partial charge in [0.25, 0.3) is 0 Å². The van der Waals surface area contributed by atoms with Gasteiger partial charge in [-0.2, -0.15) is 0 Å². The molecule has 0 unspecified atom stereocenters. The van der Waals surface area contributed by atoms with E-state index in [4.69, 9.17) is 0 Å². The second-order valence-corrected chi connectivity index (χ2v) is 8.40. The Labute approximate surface area is 166 Å². The molecule has 4 aliphatic heterocycles. The van der Waals surface area contributed by atoms with E-state index in [1.54, 1.807) is 6.92 Å². The van der Waals surface area contributed by atoms with Crippen molar-refractivity contribution in [2.24, 2.45) is 11.8 Å². The molecule has 4 aliphatic rings. The number of rotatable bonds is 3. The first kappa shape index (κ1) is 19.0. The molecule has 1 aromatic rings. The van der Waals surface area contributed by atoms with Gasteiger partial charge in [0.2, 0.25) is 17.7 Å². The van der Waals surface area contributed by atoms with Crippen LogP contribution in [0.2, 0.25) is 0 Å². The number of carbonyl (C=O) groups is 3. The number of benzene rings is 1. The van der Waals surface area contributed by atoms with E-state index in [-0.39, 0.29) is 35.6 Å². The molecule has 0 saturated carbocycles. The molecule has 0 spiro atoms. The molecule has 2 atom stereocenters. The Morgan fingerprint density at radius 3 is 2.36 bits per heavy atom. The third-order valence-electron chi connectivity index (χ3n) is 6.59. The summed E-state index contributed by atoms with van der Waals surface area (Å²) in [6, 6.07) is 10.2. The molecule has 150 valence electrons. The van der Waals surface area contributed by atoms with Gasteiger partial charge in [0.15, 0.2) is 0 Å². The van der Waals surface area contributed by atoms with E-state index in [2.05, 4.69) is 12.1 Å². The molecule has 0 aliphatic carbocycles. The van der Waals surface area contributed by atoms with Gasteiger partial charge in [0.05, 0.1) is 5.92 Å². The number of likely N-dealkylation sites (tertiary alicyclic amines) is 1. The predicted molar refractivity (Wildman–Crippen MR) is 105 cm³/mol. The van der Waals surface area contributed by atoms with Crippen molar-refractivity contribution in [2.75, 3.05) is 26.2 Å². The van der Waals surface area contributed by atoms with Crippen LogP contribution in [0.15, 0.2) is 30.3 Å². The third-order valence-corrected chi connectivity index (χ3v) is 6.59. The van der Waals surface area contributed by atoms with Crippen molar-refractivity contribution >= 4 is 17.7 Å². The topological polar surface area (TPSA) is 60.9 Å². The first-order valence-corrected chi connectivity index (χ1v) is 10.4. The number of hydrogen-bond donors (Lipinski definition) is 0. The quantitative estimate of drug-likeness (QED) is 0.801. The first-order chi connectivity index (χ1) is 13.5. The molecule has 28 heavy (non-hydrogen) atoms. The van der Waals surface area contributed by atoms with E-state index in [1.165, 1.54) is 0 Å². The van der Waals surface area contributed by atoms with Gasteiger partial charge in [-0.15, -0.1) is 0 Å². The molecule has 0 radical (unpaired) electrons. The number of nitrogens with zero attached hydrogens (tertiary/aromatic N) is 3. The zero-order valence-electron chi connectivity index (χ0n) is 16.5. The van der Waals surface area contributed by atoms with E-state index in [1.807, 2.05) is 32.9 Å². The highest BCUT2D eigenvalue weighted by atomic mass is 16.2. The number of fused-ring (bicyclic) bond motifs is 4. The molecule has 6 nitrogen and oxygen atoms in total. The van der Waals surface area contributed by atoms with Crippen LogP contribution in [0, 0.1) is 11.8 Å². The third kappa shape index (κ3) is 3.77. The molecule has 4 saturated heterocycles. The van der Waals surface area contributed by atoms with Gasteiger partial charge < -0.3 is 14.7 Å². The summed E-state index contributed by atoms with van der Waals surface area (Å²) in [7, 11) is 0. The maximum atomic E-state index is 13.2. The predicted octanol–water partition coefficient (Wildman–Crippen LogP) is 1.89. The Bertz CT molecular complexity index is 743. The van der Waals surface area contributed by atoms with Crippen molar-refractivity contribution in [3.05, 3.63) is 35.9 Å². The normalized spacial score (nSPS) is 25.8. The van der Waals surface area contributed by atoms with Crippen molar-refractivity contribution < 1.29 is 14.4 Å². The van der Waals surface area contributed by atoms with E-state index >= 15 is 0 Å². The molecular weight excluding hydrogens is 354 g/mol. The van der Waals surface area contributed by atoms with Crippen LogP contribution in [0.25, 0.3) is 0 Å². The van der Waals surface area contributed by atoms with E-state index in [9.17, 15) is 14.4 Å². The van der Waals surface area contributed by atoms with Crippen LogP contribution in [0.3, 0.4) is 0 Å². The average Bonchev–Trinajstić information content (AvgIpc) is 3.01. The molecule has 1 aromatic carbocycles. The van der Waals surface area contributed by atoms with Crippen molar-refractivity contribution in [2.45, 2.75) is 45.2 Å². The lowest BCUT2D eigenvalue weighted by molar-refractivity contribution is -0.141. The minimum absolute atomic E-state index is 0.0224. The average molecular weight is 383 g/mol. The highest BCUT2D eigenvalue weighted by Gasteiger charge is 2.43. The molecular formula is C22H29N3O3. The lowest BCUT2D eigenvalue weighted by Crippen LogP contribution is -2.48. The second-order valence-electron chi connectivity index (χ2n) is 8.40. The summed E-state index contributed by atoms with van der Waals surface area (Å²) in [6.07, 6.45) is 3.30. The van der Waals surface area contributed by atoms with Crippen LogP contribution in [-0.4, -0.2) is 64.6 Å². The molecule has 6 heteroatoms. The summed E-state index contributed by atoms with van der Waals surface area (Å²) < 4.78 is 0. The number of carbonyl (C=O) groups excluding carboxylic acids is 3. The van der Waals surface area contributed by atoms with Gasteiger partial charge in [-0.25, -0.2) is 0 Å². The Morgan fingerprint density at radius 1 is 0.964 bits per heavy atom. The Balaban J connectivity index is 1.43. The fourth-order valence-corrected chi connectivity index (χ4v) is 4.91. The lowest BCUT2D eigenvalue weighted by Gasteiger charge is -2.36. The van der Waals surface area contributed by atoms with Gasteiger partial charge in [0, 0.05) is 51.6 Å². The Kier molecular flexibility index (Phi) is 5.38. The molecule has 4 fully saturated rings. The van der Waals surface area contributed by atoms with Crippen LogP contribution in [0.1, 0.15) is 38.2 Å². The standard InChI is InChI=1S/C22H29N3O3/c1-16(26)23-11-9-18(10-12-23)21(27)24-14-19-7-8-20(15-24)25(22(19)28)13-17-5-3-2-4-6-17/h2-6,18-20H,7-15H2,1H3/t19-,20+/m0/s1. The van der Waals surface area contributed by atoms with Crippen molar-refractivity contribution in [1.29, 1.82) is 0 Å². The van der Waals surface area contributed by atoms with Crippen LogP contribution in [0.4, 0.5) is 0 Å². The van der Waals surface area contributed by atoms with Crippen LogP contribution in [0.5, 0.6) is 0 Å². The van der Waals surface area contributed by atoms with Gasteiger partial charge >= 0.3 is 0 Å². The van der Waals surface area contributed by atoms with E-state index in [0.29, 0.717) is 32.7 Å². The number of hydrogen-bond acceptors (Lipinski definition) is 3. The van der Waals surface area contributed by atoms with Crippen LogP contribution >= 0.6 is 0 Å². The van der Waals surface area contributed by atoms with Crippen molar-refractivity contribution in [3.8, 4) is 0 Å². The smallest absolute Gasteiger partial charge is 0.228 e. The van der Waals surface area contributed by atoms with Gasteiger partial charge in [0.1, 0.15) is 0 Å². The fourth-order valence-electron chi connectivity index (χ4n) is 4.91. The maximum absolute atomic E-state index is 13.2. The molecule has 0 N–H and O–H groups in total. The molecule has 3 amide bonds. The lowest BCUT2D eigenvalue weighted by atomic mass is 9.93. The zero-order chi connectivity index (χ0) is 19.7. The second kappa shape index (κ2) is 7.94. The van der Waals surface area contributed by atoms with Crippen molar-refractivity contribution in [1.82, 2.24) is 14.7 Å². The highest BCUT2D eigenvalue weighted by Crippen LogP contribution is 2.32. The number of amides is 3. The Hall–Kier alpha value is -2.37. The summed E-state index contributed by atoms with van der Waals surface area (Å²) in [5.74, 6) is 0.353. The molecule has 0 aromatic heterocycles. The molecule has 5 rings (SSSR count). The highest BCUT2D eigenvalue weighted by molar-refractivity contribution is 5.84. The minimum Gasteiger partial charge on any atom is -0.343 e. The monoisotopic (exact) mass is 383 g/mol. The van der Waals surface area contributed by atoms with Gasteiger partial charge in [-0.1, -0.05) is 30.3 Å². The van der Waals surface area contributed by atoms with Gasteiger partial charge in [-0.05, 0) is 31.2 Å². The maximum Gasteiger partial charge on any atom is 0.228 e. The van der Waals surface area contributed by atoms with E-state index in [0.717, 1.165) is 31.2 Å². The van der Waals surface area contributed by atoms with E-state index < -0.39 is 0 Å². The SMILES string of the molecule is CC(=O)N1CCC(C(=O)N2C[C@@H]3CC[C@H](C2)N(Cc2ccccc2)C3=O)CC1. The minimum atomic E-state index is -0.0799. The first-order valence-electron chi connectivity index (χ1n) is 10.4. The summed E-state index contributed by atoms with van der Waals surface area (Å²) >= 11 is 0. The van der Waals surface area contributed by atoms with Crippen molar-refractivity contribution in [3.63, 3.8) is 0 Å². The fraction of sp³-hybridized carbons (Fsp3) is 0.591. The Morgan fingerprint density at radius 2 is 1.68 bits per heavy atom.